The smallest absolute Gasteiger partial charge is 0.270 e. The number of amides is 1. The van der Waals surface area contributed by atoms with Gasteiger partial charge >= 0.3 is 0 Å². The third-order valence-electron chi connectivity index (χ3n) is 3.14. The highest BCUT2D eigenvalue weighted by atomic mass is 19.1. The molecule has 1 aromatic heterocycles. The van der Waals surface area contributed by atoms with Gasteiger partial charge in [-0.2, -0.15) is 0 Å². The van der Waals surface area contributed by atoms with Gasteiger partial charge in [-0.15, -0.1) is 0 Å². The lowest BCUT2D eigenvalue weighted by atomic mass is 10.1. The van der Waals surface area contributed by atoms with Gasteiger partial charge in [-0.25, -0.2) is 14.4 Å². The highest BCUT2D eigenvalue weighted by molar-refractivity contribution is 5.92. The predicted octanol–water partition coefficient (Wildman–Crippen LogP) is 2.72. The molecule has 2 aromatic rings. The van der Waals surface area contributed by atoms with E-state index in [9.17, 15) is 9.18 Å². The summed E-state index contributed by atoms with van der Waals surface area (Å²) < 4.78 is 13.5. The number of nitrogens with zero attached hydrogens (tertiary/aromatic N) is 2. The molecular formula is C17H21FN4O. The molecule has 0 atom stereocenters. The lowest BCUT2D eigenvalue weighted by molar-refractivity contribution is 0.0948. The molecule has 1 heterocycles. The first-order valence-corrected chi connectivity index (χ1v) is 7.59. The third-order valence-corrected chi connectivity index (χ3v) is 3.14. The largest absolute Gasteiger partial charge is 0.368 e. The summed E-state index contributed by atoms with van der Waals surface area (Å²) in [6.07, 6.45) is 0.430. The van der Waals surface area contributed by atoms with E-state index in [0.29, 0.717) is 35.9 Å². The molecule has 2 rings (SSSR count). The number of carbonyl (C=O) groups is 1. The van der Waals surface area contributed by atoms with Crippen LogP contribution in [-0.4, -0.2) is 28.5 Å². The van der Waals surface area contributed by atoms with Gasteiger partial charge in [0.05, 0.1) is 0 Å². The van der Waals surface area contributed by atoms with Crippen LogP contribution in [0.5, 0.6) is 0 Å². The minimum Gasteiger partial charge on any atom is -0.368 e. The van der Waals surface area contributed by atoms with Crippen LogP contribution in [0.2, 0.25) is 0 Å². The Labute approximate surface area is 135 Å². The van der Waals surface area contributed by atoms with E-state index in [1.807, 2.05) is 13.8 Å². The Bertz CT molecular complexity index is 688. The number of rotatable bonds is 6. The highest BCUT2D eigenvalue weighted by Crippen LogP contribution is 2.09. The molecular weight excluding hydrogens is 295 g/mol. The number of aryl methyl sites for hydroxylation is 1. The maximum atomic E-state index is 13.5. The molecule has 0 aliphatic carbocycles. The average Bonchev–Trinajstić information content (AvgIpc) is 2.47. The zero-order valence-corrected chi connectivity index (χ0v) is 13.6. The normalized spacial score (nSPS) is 10.7. The summed E-state index contributed by atoms with van der Waals surface area (Å²) in [6, 6.07) is 8.37. The van der Waals surface area contributed by atoms with Gasteiger partial charge in [0.25, 0.3) is 5.91 Å². The van der Waals surface area contributed by atoms with Gasteiger partial charge in [0.15, 0.2) is 0 Å². The molecule has 0 aliphatic heterocycles. The molecule has 2 N–H and O–H groups in total. The minimum atomic E-state index is -0.293. The maximum absolute atomic E-state index is 13.5. The van der Waals surface area contributed by atoms with Crippen molar-refractivity contribution in [2.75, 3.05) is 11.9 Å². The topological polar surface area (TPSA) is 66.9 Å². The van der Waals surface area contributed by atoms with E-state index < -0.39 is 0 Å². The van der Waals surface area contributed by atoms with Crippen LogP contribution >= 0.6 is 0 Å². The number of carbonyl (C=O) groups excluding carboxylic acids is 1. The first-order valence-electron chi connectivity index (χ1n) is 7.59. The molecule has 1 amide bonds. The Morgan fingerprint density at radius 3 is 2.70 bits per heavy atom. The molecule has 0 fully saturated rings. The fourth-order valence-corrected chi connectivity index (χ4v) is 2.16. The fraction of sp³-hybridized carbons (Fsp3) is 0.353. The Morgan fingerprint density at radius 2 is 2.00 bits per heavy atom. The molecule has 122 valence electrons. The monoisotopic (exact) mass is 316 g/mol. The van der Waals surface area contributed by atoms with E-state index in [1.165, 1.54) is 6.07 Å². The molecule has 0 bridgehead atoms. The zero-order chi connectivity index (χ0) is 16.8. The maximum Gasteiger partial charge on any atom is 0.270 e. The molecule has 0 aliphatic rings. The van der Waals surface area contributed by atoms with Gasteiger partial charge in [0.2, 0.25) is 0 Å². The summed E-state index contributed by atoms with van der Waals surface area (Å²) in [7, 11) is 0. The third kappa shape index (κ3) is 5.02. The second-order valence-corrected chi connectivity index (χ2v) is 5.58. The van der Waals surface area contributed by atoms with Crippen molar-refractivity contribution in [2.45, 2.75) is 33.2 Å². The number of aromatic nitrogens is 2. The molecule has 1 aromatic carbocycles. The van der Waals surface area contributed by atoms with Gasteiger partial charge in [0, 0.05) is 18.7 Å². The van der Waals surface area contributed by atoms with Crippen molar-refractivity contribution in [3.8, 4) is 0 Å². The number of nitrogens with one attached hydrogen (secondary N) is 2. The van der Waals surface area contributed by atoms with Crippen LogP contribution in [0.1, 0.15) is 35.7 Å². The van der Waals surface area contributed by atoms with Crippen molar-refractivity contribution in [2.24, 2.45) is 0 Å². The SMILES string of the molecule is Cc1nc(NC(C)C)cc(C(=O)NCCc2ccccc2F)n1. The molecule has 0 spiro atoms. The van der Waals surface area contributed by atoms with Crippen LogP contribution in [0.3, 0.4) is 0 Å². The average molecular weight is 316 g/mol. The lowest BCUT2D eigenvalue weighted by Crippen LogP contribution is -2.27. The van der Waals surface area contributed by atoms with E-state index in [2.05, 4.69) is 20.6 Å². The van der Waals surface area contributed by atoms with E-state index in [1.54, 1.807) is 31.2 Å². The molecule has 23 heavy (non-hydrogen) atoms. The second kappa shape index (κ2) is 7.67. The molecule has 0 saturated carbocycles. The Balaban J connectivity index is 1.98. The number of hydrogen-bond acceptors (Lipinski definition) is 4. The van der Waals surface area contributed by atoms with E-state index in [4.69, 9.17) is 0 Å². The van der Waals surface area contributed by atoms with Gasteiger partial charge in [0.1, 0.15) is 23.2 Å². The van der Waals surface area contributed by atoms with Crippen molar-refractivity contribution >= 4 is 11.7 Å². The summed E-state index contributed by atoms with van der Waals surface area (Å²) in [5, 5.41) is 5.91. The number of benzene rings is 1. The first kappa shape index (κ1) is 16.9. The Morgan fingerprint density at radius 1 is 1.26 bits per heavy atom. The highest BCUT2D eigenvalue weighted by Gasteiger charge is 2.11. The Hall–Kier alpha value is -2.50. The van der Waals surface area contributed by atoms with E-state index in [-0.39, 0.29) is 17.8 Å². The van der Waals surface area contributed by atoms with E-state index in [0.717, 1.165) is 0 Å². The van der Waals surface area contributed by atoms with Crippen molar-refractivity contribution in [1.82, 2.24) is 15.3 Å². The minimum absolute atomic E-state index is 0.210. The number of halogens is 1. The number of hydrogen-bond donors (Lipinski definition) is 2. The zero-order valence-electron chi connectivity index (χ0n) is 13.6. The van der Waals surface area contributed by atoms with Crippen LogP contribution in [0.4, 0.5) is 10.2 Å². The van der Waals surface area contributed by atoms with Crippen molar-refractivity contribution in [3.63, 3.8) is 0 Å². The Kier molecular flexibility index (Phi) is 5.62. The molecule has 6 heteroatoms. The van der Waals surface area contributed by atoms with Crippen molar-refractivity contribution < 1.29 is 9.18 Å². The van der Waals surface area contributed by atoms with Crippen molar-refractivity contribution in [3.05, 3.63) is 53.2 Å². The molecule has 0 saturated heterocycles. The summed E-state index contributed by atoms with van der Waals surface area (Å²) in [5.41, 5.74) is 0.878. The van der Waals surface area contributed by atoms with Gasteiger partial charge in [-0.05, 0) is 38.8 Å². The van der Waals surface area contributed by atoms with Gasteiger partial charge < -0.3 is 10.6 Å². The fourth-order valence-electron chi connectivity index (χ4n) is 2.16. The first-order chi connectivity index (χ1) is 11.0. The van der Waals surface area contributed by atoms with Crippen LogP contribution < -0.4 is 10.6 Å². The molecule has 0 radical (unpaired) electrons. The summed E-state index contributed by atoms with van der Waals surface area (Å²) in [4.78, 5) is 20.6. The standard InChI is InChI=1S/C17H21FN4O/c1-11(2)20-16-10-15(21-12(3)22-16)17(23)19-9-8-13-6-4-5-7-14(13)18/h4-7,10-11H,8-9H2,1-3H3,(H,19,23)(H,20,21,22). The second-order valence-electron chi connectivity index (χ2n) is 5.58. The molecule has 0 unspecified atom stereocenters. The summed E-state index contributed by atoms with van der Waals surface area (Å²) >= 11 is 0. The van der Waals surface area contributed by atoms with Gasteiger partial charge in [-0.1, -0.05) is 18.2 Å². The number of anilines is 1. The lowest BCUT2D eigenvalue weighted by Gasteiger charge is -2.11. The van der Waals surface area contributed by atoms with Crippen LogP contribution in [-0.2, 0) is 6.42 Å². The van der Waals surface area contributed by atoms with E-state index >= 15 is 0 Å². The predicted molar refractivity (Wildman–Crippen MR) is 88.0 cm³/mol. The van der Waals surface area contributed by atoms with Crippen LogP contribution in [0.25, 0.3) is 0 Å². The van der Waals surface area contributed by atoms with Crippen LogP contribution in [0, 0.1) is 12.7 Å². The quantitative estimate of drug-likeness (QED) is 0.860. The van der Waals surface area contributed by atoms with Crippen molar-refractivity contribution in [1.29, 1.82) is 0 Å². The van der Waals surface area contributed by atoms with Gasteiger partial charge in [-0.3, -0.25) is 4.79 Å². The summed E-state index contributed by atoms with van der Waals surface area (Å²) in [6.45, 7) is 6.06. The molecule has 5 nitrogen and oxygen atoms in total. The van der Waals surface area contributed by atoms with Crippen LogP contribution in [0.15, 0.2) is 30.3 Å². The summed E-state index contributed by atoms with van der Waals surface area (Å²) in [5.74, 6) is 0.586.